The first-order chi connectivity index (χ1) is 13.6. The van der Waals surface area contributed by atoms with Crippen molar-refractivity contribution in [1.29, 1.82) is 0 Å². The first kappa shape index (κ1) is 27.1. The summed E-state index contributed by atoms with van der Waals surface area (Å²) in [4.78, 5) is 23.7. The molecule has 0 saturated heterocycles. The second kappa shape index (κ2) is 19.4. The maximum atomic E-state index is 12.0. The highest BCUT2D eigenvalue weighted by molar-refractivity contribution is 5.97. The number of hydrogen-bond donors (Lipinski definition) is 2. The van der Waals surface area contributed by atoms with E-state index in [-0.39, 0.29) is 5.78 Å². The predicted octanol–water partition coefficient (Wildman–Crippen LogP) is 4.96. The minimum Gasteiger partial charge on any atom is -0.457 e. The van der Waals surface area contributed by atoms with Crippen molar-refractivity contribution in [3.05, 3.63) is 0 Å². The minimum atomic E-state index is -0.939. The van der Waals surface area contributed by atoms with Gasteiger partial charge < -0.3 is 14.9 Å². The molecule has 0 spiro atoms. The lowest BCUT2D eigenvalue weighted by Crippen LogP contribution is -2.32. The Labute approximate surface area is 172 Å². The number of carbonyl (C=O) groups is 2. The van der Waals surface area contributed by atoms with E-state index in [2.05, 4.69) is 6.92 Å². The number of ketones is 1. The zero-order chi connectivity index (χ0) is 21.0. The number of aliphatic hydroxyl groups excluding tert-OH is 2. The molecule has 0 aliphatic heterocycles. The number of carbonyl (C=O) groups excluding carboxylic acids is 2. The van der Waals surface area contributed by atoms with Gasteiger partial charge in [0.25, 0.3) is 0 Å². The smallest absolute Gasteiger partial charge is 0.316 e. The molecule has 5 nitrogen and oxygen atoms in total. The van der Waals surface area contributed by atoms with Crippen molar-refractivity contribution in [1.82, 2.24) is 0 Å². The highest BCUT2D eigenvalue weighted by atomic mass is 16.6. The quantitative estimate of drug-likeness (QED) is 0.171. The molecule has 166 valence electrons. The average Bonchev–Trinajstić information content (AvgIpc) is 2.68. The first-order valence-electron chi connectivity index (χ1n) is 11.5. The first-order valence-corrected chi connectivity index (χ1v) is 11.5. The maximum Gasteiger partial charge on any atom is 0.316 e. The van der Waals surface area contributed by atoms with Crippen molar-refractivity contribution >= 4 is 11.8 Å². The fourth-order valence-electron chi connectivity index (χ4n) is 3.41. The summed E-state index contributed by atoms with van der Waals surface area (Å²) in [5, 5.41) is 18.0. The third kappa shape index (κ3) is 15.0. The Morgan fingerprint density at radius 1 is 0.714 bits per heavy atom. The van der Waals surface area contributed by atoms with Crippen LogP contribution in [0.25, 0.3) is 0 Å². The summed E-state index contributed by atoms with van der Waals surface area (Å²) in [5.74, 6) is -1.62. The molecule has 0 saturated carbocycles. The number of aliphatic hydroxyl groups is 2. The van der Waals surface area contributed by atoms with Gasteiger partial charge in [0.1, 0.15) is 17.8 Å². The lowest BCUT2D eigenvalue weighted by molar-refractivity contribution is -0.160. The Morgan fingerprint density at radius 2 is 1.11 bits per heavy atom. The summed E-state index contributed by atoms with van der Waals surface area (Å²) in [6.45, 7) is 2.77. The van der Waals surface area contributed by atoms with Gasteiger partial charge in [0.15, 0.2) is 0 Å². The van der Waals surface area contributed by atoms with Gasteiger partial charge in [0.05, 0.1) is 13.2 Å². The molecule has 28 heavy (non-hydrogen) atoms. The summed E-state index contributed by atoms with van der Waals surface area (Å²) >= 11 is 0. The van der Waals surface area contributed by atoms with E-state index in [9.17, 15) is 9.59 Å². The van der Waals surface area contributed by atoms with Crippen molar-refractivity contribution in [3.63, 3.8) is 0 Å². The summed E-state index contributed by atoms with van der Waals surface area (Å²) in [6.07, 6.45) is 17.2. The van der Waals surface area contributed by atoms with E-state index < -0.39 is 31.2 Å². The molecule has 0 rings (SSSR count). The van der Waals surface area contributed by atoms with Crippen LogP contribution in [0.3, 0.4) is 0 Å². The van der Waals surface area contributed by atoms with Gasteiger partial charge in [-0.2, -0.15) is 0 Å². The summed E-state index contributed by atoms with van der Waals surface area (Å²) in [5.41, 5.74) is 0. The molecule has 0 bridgehead atoms. The molecule has 5 heteroatoms. The molecule has 0 aromatic heterocycles. The van der Waals surface area contributed by atoms with Crippen LogP contribution in [-0.4, -0.2) is 41.3 Å². The third-order valence-electron chi connectivity index (χ3n) is 5.31. The van der Waals surface area contributed by atoms with E-state index in [0.717, 1.165) is 19.3 Å². The number of esters is 1. The average molecular weight is 401 g/mol. The summed E-state index contributed by atoms with van der Waals surface area (Å²) in [7, 11) is 0. The molecule has 0 fully saturated rings. The Kier molecular flexibility index (Phi) is 18.7. The molecule has 1 unspecified atom stereocenters. The van der Waals surface area contributed by atoms with Crippen LogP contribution in [0.5, 0.6) is 0 Å². The Morgan fingerprint density at radius 3 is 1.46 bits per heavy atom. The van der Waals surface area contributed by atoms with E-state index in [1.807, 2.05) is 0 Å². The van der Waals surface area contributed by atoms with Crippen LogP contribution >= 0.6 is 0 Å². The maximum absolute atomic E-state index is 12.0. The zero-order valence-corrected chi connectivity index (χ0v) is 18.3. The van der Waals surface area contributed by atoms with E-state index >= 15 is 0 Å². The van der Waals surface area contributed by atoms with E-state index in [0.29, 0.717) is 6.42 Å². The molecule has 0 amide bonds. The Bertz CT molecular complexity index is 379. The topological polar surface area (TPSA) is 83.8 Å². The normalized spacial score (nSPS) is 12.3. The summed E-state index contributed by atoms with van der Waals surface area (Å²) in [6, 6.07) is 0. The fraction of sp³-hybridized carbons (Fsp3) is 0.913. The Balaban J connectivity index is 3.63. The SMILES string of the molecule is CCCCCCCCCCCCCCCCC(C(C)=O)C(=O)OC(CO)CO. The van der Waals surface area contributed by atoms with Gasteiger partial charge in [0.2, 0.25) is 0 Å². The minimum absolute atomic E-state index is 0.214. The van der Waals surface area contributed by atoms with Crippen LogP contribution in [0, 0.1) is 5.92 Å². The molecule has 1 atom stereocenters. The summed E-state index contributed by atoms with van der Waals surface area (Å²) < 4.78 is 4.98. The van der Waals surface area contributed by atoms with E-state index in [1.165, 1.54) is 77.6 Å². The third-order valence-corrected chi connectivity index (χ3v) is 5.31. The second-order valence-electron chi connectivity index (χ2n) is 7.97. The molecule has 0 aromatic rings. The number of Topliss-reactive ketones (excluding diaryl/α,β-unsaturated/α-hetero) is 1. The van der Waals surface area contributed by atoms with Crippen LogP contribution in [0.15, 0.2) is 0 Å². The number of unbranched alkanes of at least 4 members (excludes halogenated alkanes) is 13. The number of ether oxygens (including phenoxy) is 1. The highest BCUT2D eigenvalue weighted by Gasteiger charge is 2.26. The van der Waals surface area contributed by atoms with Crippen molar-refractivity contribution < 1.29 is 24.5 Å². The van der Waals surface area contributed by atoms with Crippen LogP contribution in [0.1, 0.15) is 110 Å². The van der Waals surface area contributed by atoms with Crippen molar-refractivity contribution in [2.75, 3.05) is 13.2 Å². The van der Waals surface area contributed by atoms with Gasteiger partial charge in [-0.1, -0.05) is 96.8 Å². The van der Waals surface area contributed by atoms with Gasteiger partial charge in [-0.25, -0.2) is 0 Å². The molecule has 0 heterocycles. The lowest BCUT2D eigenvalue weighted by atomic mass is 9.96. The van der Waals surface area contributed by atoms with Crippen LogP contribution in [0.2, 0.25) is 0 Å². The number of hydrogen-bond acceptors (Lipinski definition) is 5. The fourth-order valence-corrected chi connectivity index (χ4v) is 3.41. The standard InChI is InChI=1S/C23H44O5/c1-3-4-5-6-7-8-9-10-11-12-13-14-15-16-17-22(20(2)26)23(27)28-21(18-24)19-25/h21-22,24-25H,3-19H2,1-2H3. The molecule has 0 radical (unpaired) electrons. The molecule has 0 aliphatic rings. The van der Waals surface area contributed by atoms with Crippen molar-refractivity contribution in [3.8, 4) is 0 Å². The van der Waals surface area contributed by atoms with E-state index in [1.54, 1.807) is 0 Å². The number of rotatable bonds is 20. The molecule has 0 aromatic carbocycles. The molecule has 2 N–H and O–H groups in total. The molecular formula is C23H44O5. The van der Waals surface area contributed by atoms with Gasteiger partial charge in [-0.05, 0) is 13.3 Å². The van der Waals surface area contributed by atoms with Crippen molar-refractivity contribution in [2.24, 2.45) is 5.92 Å². The Hall–Kier alpha value is -0.940. The molecule has 0 aliphatic carbocycles. The van der Waals surface area contributed by atoms with Gasteiger partial charge in [0, 0.05) is 0 Å². The van der Waals surface area contributed by atoms with Gasteiger partial charge in [-0.15, -0.1) is 0 Å². The van der Waals surface area contributed by atoms with Gasteiger partial charge in [-0.3, -0.25) is 9.59 Å². The largest absolute Gasteiger partial charge is 0.457 e. The predicted molar refractivity (Wildman–Crippen MR) is 113 cm³/mol. The lowest BCUT2D eigenvalue weighted by Gasteiger charge is -2.17. The zero-order valence-electron chi connectivity index (χ0n) is 18.3. The highest BCUT2D eigenvalue weighted by Crippen LogP contribution is 2.17. The van der Waals surface area contributed by atoms with Crippen LogP contribution in [0.4, 0.5) is 0 Å². The van der Waals surface area contributed by atoms with Crippen molar-refractivity contribution in [2.45, 2.75) is 116 Å². The van der Waals surface area contributed by atoms with Crippen LogP contribution < -0.4 is 0 Å². The monoisotopic (exact) mass is 400 g/mol. The molecular weight excluding hydrogens is 356 g/mol. The second-order valence-corrected chi connectivity index (χ2v) is 7.97. The van der Waals surface area contributed by atoms with Gasteiger partial charge >= 0.3 is 5.97 Å². The van der Waals surface area contributed by atoms with E-state index in [4.69, 9.17) is 14.9 Å². The van der Waals surface area contributed by atoms with Crippen LogP contribution in [-0.2, 0) is 14.3 Å².